The zero-order valence-corrected chi connectivity index (χ0v) is 7.51. The maximum Gasteiger partial charge on any atom is 3.00 e. The van der Waals surface area contributed by atoms with E-state index in [4.69, 9.17) is 17.5 Å². The van der Waals surface area contributed by atoms with E-state index in [1.54, 1.807) is 0 Å². The van der Waals surface area contributed by atoms with Crippen LogP contribution in [-0.4, -0.2) is 25.9 Å². The summed E-state index contributed by atoms with van der Waals surface area (Å²) in [7, 11) is -4.67. The molecule has 0 aromatic heterocycles. The van der Waals surface area contributed by atoms with Crippen molar-refractivity contribution in [2.75, 3.05) is 0 Å². The molecule has 0 atom stereocenters. The molecule has 0 saturated heterocycles. The first-order valence-electron chi connectivity index (χ1n) is 0.698. The van der Waals surface area contributed by atoms with Gasteiger partial charge < -0.3 is 0 Å². The van der Waals surface area contributed by atoms with Crippen LogP contribution in [0.2, 0.25) is 0 Å². The maximum atomic E-state index is 8.74. The van der Waals surface area contributed by atoms with E-state index in [1.807, 2.05) is 0 Å². The third-order valence-corrected chi connectivity index (χ3v) is 0. The molecule has 0 radical (unpaired) electrons. The SMILES string of the molecule is O=S(=O)(O)O.[B+3].[Li+].[Na+]. The Morgan fingerprint density at radius 3 is 1.12 bits per heavy atom. The van der Waals surface area contributed by atoms with Crippen molar-refractivity contribution in [2.24, 2.45) is 0 Å². The molecule has 8 heteroatoms. The standard InChI is InChI=1S/B.Li.Na.H2O4S/c;;;1-5(2,3)4/h;;;(H2,1,2,3,4)/q+3;2*+1;. The summed E-state index contributed by atoms with van der Waals surface area (Å²) < 4.78 is 31.6. The predicted molar refractivity (Wildman–Crippen MR) is 19.9 cm³/mol. The zero-order valence-electron chi connectivity index (χ0n) is 4.70. The molecule has 0 fully saturated rings. The molecule has 0 aromatic carbocycles. The minimum atomic E-state index is -4.67. The van der Waals surface area contributed by atoms with Crippen LogP contribution in [0.3, 0.4) is 0 Å². The van der Waals surface area contributed by atoms with E-state index < -0.39 is 10.4 Å². The molecule has 0 bridgehead atoms. The molecule has 0 amide bonds. The summed E-state index contributed by atoms with van der Waals surface area (Å²) in [6, 6.07) is 0. The van der Waals surface area contributed by atoms with E-state index in [-0.39, 0.29) is 56.8 Å². The molecule has 8 heavy (non-hydrogen) atoms. The van der Waals surface area contributed by atoms with Crippen LogP contribution in [0.1, 0.15) is 0 Å². The average molecular weight is 139 g/mol. The van der Waals surface area contributed by atoms with Gasteiger partial charge in [0.15, 0.2) is 0 Å². The van der Waals surface area contributed by atoms with Crippen molar-refractivity contribution in [2.45, 2.75) is 0 Å². The Morgan fingerprint density at radius 1 is 1.12 bits per heavy atom. The molecule has 0 rings (SSSR count). The fourth-order valence-electron chi connectivity index (χ4n) is 0. The van der Waals surface area contributed by atoms with Crippen molar-refractivity contribution in [3.05, 3.63) is 0 Å². The van der Waals surface area contributed by atoms with E-state index in [2.05, 4.69) is 0 Å². The Bertz CT molecular complexity index is 99.2. The van der Waals surface area contributed by atoms with Gasteiger partial charge in [0.05, 0.1) is 0 Å². The molecule has 2 N–H and O–H groups in total. The van der Waals surface area contributed by atoms with Crippen LogP contribution in [0.5, 0.6) is 0 Å². The Labute approximate surface area is 84.0 Å². The minimum Gasteiger partial charge on any atom is -0.264 e. The molecule has 0 aliphatic rings. The summed E-state index contributed by atoms with van der Waals surface area (Å²) >= 11 is 0. The fraction of sp³-hybridized carbons (Fsp3) is 0. The van der Waals surface area contributed by atoms with Crippen molar-refractivity contribution >= 4 is 18.8 Å². The number of hydrogen-bond donors (Lipinski definition) is 2. The van der Waals surface area contributed by atoms with Crippen LogP contribution in [0.25, 0.3) is 0 Å². The van der Waals surface area contributed by atoms with Crippen molar-refractivity contribution in [3.8, 4) is 0 Å². The Hall–Kier alpha value is 1.53. The van der Waals surface area contributed by atoms with E-state index in [9.17, 15) is 0 Å². The van der Waals surface area contributed by atoms with Gasteiger partial charge in [-0.1, -0.05) is 0 Å². The molecule has 0 saturated carbocycles. The smallest absolute Gasteiger partial charge is 0.264 e. The largest absolute Gasteiger partial charge is 3.00 e. The topological polar surface area (TPSA) is 74.6 Å². The molecule has 0 aliphatic carbocycles. The van der Waals surface area contributed by atoms with Crippen LogP contribution < -0.4 is 48.4 Å². The molecular formula is H2BLiNaO4S+5. The average Bonchev–Trinajstić information content (AvgIpc) is 0.722. The molecule has 0 aliphatic heterocycles. The quantitative estimate of drug-likeness (QED) is 0.258. The predicted octanol–water partition coefficient (Wildman–Crippen LogP) is -7.03. The maximum absolute atomic E-state index is 8.74. The fourth-order valence-corrected chi connectivity index (χ4v) is 0. The van der Waals surface area contributed by atoms with Gasteiger partial charge in [0, 0.05) is 0 Å². The van der Waals surface area contributed by atoms with Crippen LogP contribution in [0, 0.1) is 0 Å². The zero-order chi connectivity index (χ0) is 4.50. The monoisotopic (exact) mass is 139 g/mol. The molecule has 0 spiro atoms. The number of rotatable bonds is 0. The van der Waals surface area contributed by atoms with Gasteiger partial charge >= 0.3 is 67.2 Å². The Morgan fingerprint density at radius 2 is 1.12 bits per heavy atom. The van der Waals surface area contributed by atoms with Gasteiger partial charge in [-0.2, -0.15) is 8.42 Å². The van der Waals surface area contributed by atoms with Gasteiger partial charge in [-0.25, -0.2) is 0 Å². The first kappa shape index (κ1) is 22.7. The van der Waals surface area contributed by atoms with Gasteiger partial charge in [-0.05, 0) is 0 Å². The van der Waals surface area contributed by atoms with Crippen molar-refractivity contribution in [1.82, 2.24) is 0 Å². The number of hydrogen-bond acceptors (Lipinski definition) is 2. The second-order valence-corrected chi connectivity index (χ2v) is 1.34. The Balaban J connectivity index is -0.0000000267. The minimum absolute atomic E-state index is 0. The van der Waals surface area contributed by atoms with Crippen LogP contribution >= 0.6 is 0 Å². The van der Waals surface area contributed by atoms with Crippen molar-refractivity contribution in [3.63, 3.8) is 0 Å². The molecule has 4 nitrogen and oxygen atoms in total. The van der Waals surface area contributed by atoms with E-state index in [0.717, 1.165) is 0 Å². The van der Waals surface area contributed by atoms with Gasteiger partial charge in [-0.3, -0.25) is 9.11 Å². The summed E-state index contributed by atoms with van der Waals surface area (Å²) in [6.07, 6.45) is 0. The van der Waals surface area contributed by atoms with Gasteiger partial charge in [-0.15, -0.1) is 0 Å². The first-order valence-corrected chi connectivity index (χ1v) is 2.10. The van der Waals surface area contributed by atoms with Gasteiger partial charge in [0.2, 0.25) is 0 Å². The third kappa shape index (κ3) is 137. The first-order chi connectivity index (χ1) is 2.00. The second-order valence-electron chi connectivity index (χ2n) is 0.448. The van der Waals surface area contributed by atoms with Crippen molar-refractivity contribution in [1.29, 1.82) is 0 Å². The normalized spacial score (nSPS) is 7.25. The van der Waals surface area contributed by atoms with Crippen LogP contribution in [-0.2, 0) is 10.4 Å². The summed E-state index contributed by atoms with van der Waals surface area (Å²) in [4.78, 5) is 0. The summed E-state index contributed by atoms with van der Waals surface area (Å²) in [5.74, 6) is 0. The molecule has 0 heterocycles. The van der Waals surface area contributed by atoms with E-state index in [0.29, 0.717) is 0 Å². The summed E-state index contributed by atoms with van der Waals surface area (Å²) in [6.45, 7) is 0. The second kappa shape index (κ2) is 8.53. The van der Waals surface area contributed by atoms with E-state index in [1.165, 1.54) is 0 Å². The summed E-state index contributed by atoms with van der Waals surface area (Å²) in [5, 5.41) is 0. The third-order valence-electron chi connectivity index (χ3n) is 0. The summed E-state index contributed by atoms with van der Waals surface area (Å²) in [5.41, 5.74) is 0. The van der Waals surface area contributed by atoms with E-state index >= 15 is 0 Å². The van der Waals surface area contributed by atoms with Crippen LogP contribution in [0.4, 0.5) is 0 Å². The molecule has 0 unspecified atom stereocenters. The van der Waals surface area contributed by atoms with Crippen LogP contribution in [0.15, 0.2) is 0 Å². The van der Waals surface area contributed by atoms with Gasteiger partial charge in [0.1, 0.15) is 0 Å². The molecule has 0 aromatic rings. The van der Waals surface area contributed by atoms with Crippen molar-refractivity contribution < 1.29 is 65.9 Å². The molecule has 32 valence electrons. The Kier molecular flexibility index (Phi) is 24.2. The molecular weight excluding hydrogens is 137 g/mol. The van der Waals surface area contributed by atoms with Gasteiger partial charge in [0.25, 0.3) is 0 Å².